The summed E-state index contributed by atoms with van der Waals surface area (Å²) in [7, 11) is 0. The average molecular weight is 547 g/mol. The molecule has 3 heteroatoms. The Balaban J connectivity index is 3.43. The molecule has 0 aliphatic heterocycles. The van der Waals surface area contributed by atoms with Crippen molar-refractivity contribution in [1.29, 1.82) is 0 Å². The zero-order valence-corrected chi connectivity index (χ0v) is 15.4. The van der Waals surface area contributed by atoms with Crippen LogP contribution in [0.15, 0.2) is 0 Å². The van der Waals surface area contributed by atoms with Gasteiger partial charge < -0.3 is 0 Å². The first-order valence-electron chi connectivity index (χ1n) is 4.50. The summed E-state index contributed by atoms with van der Waals surface area (Å²) < 4.78 is 3.20. The molecule has 0 atom stereocenters. The van der Waals surface area contributed by atoms with E-state index in [1.165, 1.54) is 25.7 Å². The summed E-state index contributed by atoms with van der Waals surface area (Å²) in [4.78, 5) is 0. The van der Waals surface area contributed by atoms with Crippen molar-refractivity contribution in [2.45, 2.75) is 47.9 Å². The summed E-state index contributed by atoms with van der Waals surface area (Å²) in [5.41, 5.74) is 0. The third-order valence-corrected chi connectivity index (χ3v) is 27.2. The fourth-order valence-corrected chi connectivity index (χ4v) is 20.6. The van der Waals surface area contributed by atoms with Crippen molar-refractivity contribution in [2.75, 3.05) is 0 Å². The molecular weight excluding hydrogens is 528 g/mol. The molecule has 0 nitrogen and oxygen atoms in total. The first kappa shape index (κ1) is 13.3. The quantitative estimate of drug-likeness (QED) is 0.314. The van der Waals surface area contributed by atoms with Crippen molar-refractivity contribution in [3.63, 3.8) is 0 Å². The molecular formula is C8H18HfI2. The van der Waals surface area contributed by atoms with Crippen LogP contribution >= 0.6 is 36.3 Å². The van der Waals surface area contributed by atoms with E-state index < -0.39 is 11.7 Å². The first-order chi connectivity index (χ1) is 5.12. The van der Waals surface area contributed by atoms with Gasteiger partial charge in [0.2, 0.25) is 0 Å². The molecule has 0 spiro atoms. The molecule has 0 aliphatic carbocycles. The standard InChI is InChI=1S/2C4H9.Hf.2HI/c2*1-3-4-2;;;/h2*1,3-4H2,2H3;;2*1H/q;;+2;;/p-2. The summed E-state index contributed by atoms with van der Waals surface area (Å²) in [5, 5.41) is 0. The van der Waals surface area contributed by atoms with Gasteiger partial charge in [0.25, 0.3) is 0 Å². The third-order valence-electron chi connectivity index (χ3n) is 1.79. The third kappa shape index (κ3) is 8.65. The summed E-state index contributed by atoms with van der Waals surface area (Å²) in [6.07, 6.45) is 5.74. The summed E-state index contributed by atoms with van der Waals surface area (Å²) in [5.74, 6) is 0. The second kappa shape index (κ2) is 7.71. The van der Waals surface area contributed by atoms with Gasteiger partial charge in [-0.05, 0) is 0 Å². The Morgan fingerprint density at radius 1 is 0.909 bits per heavy atom. The van der Waals surface area contributed by atoms with Crippen molar-refractivity contribution in [1.82, 2.24) is 0 Å². The van der Waals surface area contributed by atoms with Crippen LogP contribution in [-0.4, -0.2) is 0 Å². The first-order valence-corrected chi connectivity index (χ1v) is 30.0. The van der Waals surface area contributed by atoms with Crippen molar-refractivity contribution in [3.8, 4) is 0 Å². The molecule has 0 aromatic heterocycles. The molecule has 0 aromatic carbocycles. The monoisotopic (exact) mass is 548 g/mol. The maximum absolute atomic E-state index is 2.83. The zero-order valence-electron chi connectivity index (χ0n) is 7.50. The Morgan fingerprint density at radius 2 is 1.27 bits per heavy atom. The molecule has 0 saturated carbocycles. The van der Waals surface area contributed by atoms with Crippen LogP contribution in [0.1, 0.15) is 39.5 Å². The predicted molar refractivity (Wildman–Crippen MR) is 67.5 cm³/mol. The van der Waals surface area contributed by atoms with Gasteiger partial charge in [-0.1, -0.05) is 0 Å². The van der Waals surface area contributed by atoms with Crippen LogP contribution in [0.4, 0.5) is 0 Å². The van der Waals surface area contributed by atoms with E-state index in [2.05, 4.69) is 50.1 Å². The van der Waals surface area contributed by atoms with Gasteiger partial charge in [0.15, 0.2) is 0 Å². The minimum absolute atomic E-state index is 1.39. The van der Waals surface area contributed by atoms with Gasteiger partial charge in [0, 0.05) is 0 Å². The van der Waals surface area contributed by atoms with Crippen LogP contribution in [0.25, 0.3) is 0 Å². The Hall–Kier alpha value is 2.33. The molecule has 0 aliphatic rings. The molecule has 0 aromatic rings. The average Bonchev–Trinajstić information content (AvgIpc) is 1.97. The molecule has 0 N–H and O–H groups in total. The SMILES string of the molecule is CCC[CH2][Hf]([I])([I])[CH2]CCC. The number of hydrogen-bond donors (Lipinski definition) is 0. The molecule has 0 radical (unpaired) electrons. The van der Waals surface area contributed by atoms with E-state index in [9.17, 15) is 0 Å². The number of rotatable bonds is 6. The van der Waals surface area contributed by atoms with E-state index in [0.717, 1.165) is 0 Å². The second-order valence-electron chi connectivity index (χ2n) is 3.06. The van der Waals surface area contributed by atoms with E-state index in [-0.39, 0.29) is 0 Å². The minimum atomic E-state index is -1.61. The maximum atomic E-state index is 2.83. The Morgan fingerprint density at radius 3 is 1.55 bits per heavy atom. The van der Waals surface area contributed by atoms with Gasteiger partial charge in [-0.15, -0.1) is 0 Å². The number of hydrogen-bond acceptors (Lipinski definition) is 0. The van der Waals surface area contributed by atoms with Gasteiger partial charge in [-0.3, -0.25) is 0 Å². The summed E-state index contributed by atoms with van der Waals surface area (Å²) in [6.45, 7) is 4.61. The van der Waals surface area contributed by atoms with E-state index in [0.29, 0.717) is 0 Å². The van der Waals surface area contributed by atoms with Gasteiger partial charge in [-0.25, -0.2) is 0 Å². The molecule has 68 valence electrons. The van der Waals surface area contributed by atoms with Gasteiger partial charge in [0.1, 0.15) is 0 Å². The van der Waals surface area contributed by atoms with Crippen molar-refractivity contribution in [2.24, 2.45) is 0 Å². The molecule has 0 rings (SSSR count). The van der Waals surface area contributed by atoms with E-state index >= 15 is 0 Å². The molecule has 0 fully saturated rings. The van der Waals surface area contributed by atoms with Crippen molar-refractivity contribution >= 4 is 36.3 Å². The fraction of sp³-hybridized carbons (Fsp3) is 1.00. The Bertz CT molecular complexity index is 84.1. The van der Waals surface area contributed by atoms with Crippen LogP contribution in [-0.2, 0) is 11.7 Å². The van der Waals surface area contributed by atoms with Crippen LogP contribution in [0.3, 0.4) is 0 Å². The Labute approximate surface area is 94.1 Å². The topological polar surface area (TPSA) is 0 Å². The van der Waals surface area contributed by atoms with Gasteiger partial charge in [-0.2, -0.15) is 0 Å². The van der Waals surface area contributed by atoms with Gasteiger partial charge >= 0.3 is 95.8 Å². The van der Waals surface area contributed by atoms with E-state index in [1.54, 1.807) is 8.35 Å². The van der Waals surface area contributed by atoms with Crippen LogP contribution in [0, 0.1) is 0 Å². The molecule has 0 bridgehead atoms. The molecule has 0 unspecified atom stereocenters. The molecule has 0 amide bonds. The second-order valence-corrected chi connectivity index (χ2v) is 63.5. The van der Waals surface area contributed by atoms with Crippen LogP contribution in [0.5, 0.6) is 0 Å². The molecule has 11 heavy (non-hydrogen) atoms. The summed E-state index contributed by atoms with van der Waals surface area (Å²) >= 11 is 4.05. The van der Waals surface area contributed by atoms with Crippen LogP contribution < -0.4 is 0 Å². The van der Waals surface area contributed by atoms with Crippen molar-refractivity contribution < 1.29 is 11.7 Å². The normalized spacial score (nSPS) is 12.0. The fourth-order valence-electron chi connectivity index (χ4n) is 0.996. The van der Waals surface area contributed by atoms with Crippen LogP contribution in [0.2, 0.25) is 8.35 Å². The zero-order chi connectivity index (χ0) is 8.74. The number of unbranched alkanes of at least 4 members (excludes halogenated alkanes) is 2. The molecule has 0 saturated heterocycles. The van der Waals surface area contributed by atoms with Crippen molar-refractivity contribution in [3.05, 3.63) is 0 Å². The van der Waals surface area contributed by atoms with E-state index in [4.69, 9.17) is 0 Å². The molecule has 0 heterocycles. The summed E-state index contributed by atoms with van der Waals surface area (Å²) in [6, 6.07) is 0. The van der Waals surface area contributed by atoms with E-state index in [1.807, 2.05) is 0 Å². The Kier molecular flexibility index (Phi) is 9.34. The number of halogens is 2. The predicted octanol–water partition coefficient (Wildman–Crippen LogP) is 5.28. The van der Waals surface area contributed by atoms with Gasteiger partial charge in [0.05, 0.1) is 0 Å².